The van der Waals surface area contributed by atoms with Crippen LogP contribution in [-0.2, 0) is 16.1 Å². The molecule has 0 bridgehead atoms. The number of thioether (sulfide) groups is 1. The Bertz CT molecular complexity index is 1960. The molecule has 5 rings (SSSR count). The monoisotopic (exact) mass is 685 g/mol. The van der Waals surface area contributed by atoms with Gasteiger partial charge in [-0.25, -0.2) is 0 Å². The topological polar surface area (TPSA) is 89.3 Å². The van der Waals surface area contributed by atoms with Crippen molar-refractivity contribution < 1.29 is 14.7 Å². The van der Waals surface area contributed by atoms with Gasteiger partial charge in [0.15, 0.2) is 0 Å². The van der Waals surface area contributed by atoms with Gasteiger partial charge in [-0.15, -0.1) is 11.3 Å². The van der Waals surface area contributed by atoms with Crippen LogP contribution >= 0.6 is 35.3 Å². The van der Waals surface area contributed by atoms with E-state index in [0.717, 1.165) is 50.7 Å². The maximum atomic E-state index is 13.2. The number of nitrogens with zero attached hydrogens (tertiary/aromatic N) is 5. The van der Waals surface area contributed by atoms with E-state index in [1.165, 1.54) is 15.9 Å². The fraction of sp³-hybridized carbons (Fsp3) is 0.200. The Morgan fingerprint density at radius 3 is 1.79 bits per heavy atom. The Morgan fingerprint density at radius 1 is 0.830 bits per heavy atom. The van der Waals surface area contributed by atoms with Crippen LogP contribution in [0.15, 0.2) is 83.7 Å². The number of carbonyl (C=O) groups excluding carboxylic acids is 1. The molecule has 12 heteroatoms. The van der Waals surface area contributed by atoms with E-state index >= 15 is 0 Å². The van der Waals surface area contributed by atoms with E-state index in [-0.39, 0.29) is 14.8 Å². The predicted molar refractivity (Wildman–Crippen MR) is 200 cm³/mol. The first-order valence-corrected chi connectivity index (χ1v) is 16.9. The van der Waals surface area contributed by atoms with Gasteiger partial charge in [0, 0.05) is 63.2 Å². The van der Waals surface area contributed by atoms with E-state index in [0.29, 0.717) is 15.7 Å². The van der Waals surface area contributed by atoms with Crippen molar-refractivity contribution in [3.63, 3.8) is 0 Å². The van der Waals surface area contributed by atoms with Crippen molar-refractivity contribution in [3.05, 3.63) is 104 Å². The lowest BCUT2D eigenvalue weighted by Gasteiger charge is -2.27. The van der Waals surface area contributed by atoms with Gasteiger partial charge < -0.3 is 19.8 Å². The minimum absolute atomic E-state index is 0.166. The summed E-state index contributed by atoms with van der Waals surface area (Å²) in [4.78, 5) is 45.0. The second-order valence-corrected chi connectivity index (χ2v) is 13.8. The molecule has 1 aliphatic rings. The van der Waals surface area contributed by atoms with Gasteiger partial charge in [-0.3, -0.25) is 23.9 Å². The molecule has 0 spiro atoms. The normalized spacial score (nSPS) is 14.7. The van der Waals surface area contributed by atoms with Gasteiger partial charge in [0.1, 0.15) is 20.4 Å². The van der Waals surface area contributed by atoms with E-state index in [2.05, 4.69) is 75.4 Å². The zero-order valence-corrected chi connectivity index (χ0v) is 29.2. The maximum absolute atomic E-state index is 13.2. The molecular weight excluding hydrogens is 651 g/mol. The molecule has 1 saturated heterocycles. The van der Waals surface area contributed by atoms with Crippen LogP contribution in [0.1, 0.15) is 12.5 Å². The quantitative estimate of drug-likeness (QED) is 0.230. The van der Waals surface area contributed by atoms with Gasteiger partial charge >= 0.3 is 5.97 Å². The molecule has 0 atom stereocenters. The number of thiocarbonyl (C=S) groups is 1. The molecule has 1 aromatic heterocycles. The average molecular weight is 686 g/mol. The highest BCUT2D eigenvalue weighted by atomic mass is 32.2. The smallest absolute Gasteiger partial charge is 0.323 e. The highest BCUT2D eigenvalue weighted by Crippen LogP contribution is 2.36. The molecule has 0 radical (unpaired) electrons. The van der Waals surface area contributed by atoms with Crippen LogP contribution in [0.25, 0.3) is 17.1 Å². The van der Waals surface area contributed by atoms with Crippen LogP contribution in [0.3, 0.4) is 0 Å². The predicted octanol–water partition coefficient (Wildman–Crippen LogP) is 5.08. The van der Waals surface area contributed by atoms with Crippen LogP contribution in [0.4, 0.5) is 28.4 Å². The highest BCUT2D eigenvalue weighted by molar-refractivity contribution is 8.30. The lowest BCUT2D eigenvalue weighted by molar-refractivity contribution is -0.140. The summed E-state index contributed by atoms with van der Waals surface area (Å²) < 4.78 is 2.63. The summed E-state index contributed by atoms with van der Waals surface area (Å²) in [6.07, 6.45) is 5.48. The molecule has 242 valence electrons. The molecule has 3 aromatic carbocycles. The van der Waals surface area contributed by atoms with Crippen LogP contribution in [0, 0.1) is 0 Å². The molecule has 1 amide bonds. The van der Waals surface area contributed by atoms with E-state index in [9.17, 15) is 14.4 Å². The van der Waals surface area contributed by atoms with Crippen molar-refractivity contribution in [2.75, 3.05) is 49.4 Å². The third kappa shape index (κ3) is 7.35. The first-order valence-electron chi connectivity index (χ1n) is 14.8. The molecule has 0 saturated carbocycles. The number of hydrogen-bond acceptors (Lipinski definition) is 9. The van der Waals surface area contributed by atoms with Crippen molar-refractivity contribution in [2.45, 2.75) is 13.5 Å². The second-order valence-electron chi connectivity index (χ2n) is 11.1. The van der Waals surface area contributed by atoms with Crippen LogP contribution in [0.5, 0.6) is 0 Å². The number of rotatable bonds is 10. The highest BCUT2D eigenvalue weighted by Gasteiger charge is 2.35. The first-order chi connectivity index (χ1) is 22.5. The fourth-order valence-electron chi connectivity index (χ4n) is 5.02. The number of benzene rings is 3. The molecule has 1 aliphatic heterocycles. The molecular formula is C35H35N5O4S3. The Morgan fingerprint density at radius 2 is 1.32 bits per heavy atom. The van der Waals surface area contributed by atoms with Gasteiger partial charge in [0.25, 0.3) is 11.5 Å². The van der Waals surface area contributed by atoms with E-state index in [1.807, 2.05) is 59.4 Å². The van der Waals surface area contributed by atoms with Crippen LogP contribution < -0.4 is 29.5 Å². The maximum Gasteiger partial charge on any atom is 0.323 e. The average Bonchev–Trinajstić information content (AvgIpc) is 3.51. The lowest BCUT2D eigenvalue weighted by atomic mass is 10.1. The van der Waals surface area contributed by atoms with Crippen molar-refractivity contribution in [2.24, 2.45) is 0 Å². The number of allylic oxidation sites excluding steroid dienone is 1. The number of aromatic nitrogens is 1. The number of amides is 1. The summed E-state index contributed by atoms with van der Waals surface area (Å²) in [5, 5.41) is 9.16. The summed E-state index contributed by atoms with van der Waals surface area (Å²) in [5.74, 6) is -1.65. The minimum atomic E-state index is -1.15. The van der Waals surface area contributed by atoms with Crippen molar-refractivity contribution >= 4 is 97.0 Å². The van der Waals surface area contributed by atoms with E-state index < -0.39 is 18.4 Å². The molecule has 0 aliphatic carbocycles. The minimum Gasteiger partial charge on any atom is -0.480 e. The number of carbonyl (C=O) groups is 2. The van der Waals surface area contributed by atoms with Crippen LogP contribution in [0.2, 0.25) is 0 Å². The number of carboxylic acid groups (broad SMARTS) is 1. The summed E-state index contributed by atoms with van der Waals surface area (Å²) >= 11 is 7.46. The first kappa shape index (κ1) is 33.7. The van der Waals surface area contributed by atoms with Crippen molar-refractivity contribution in [1.29, 1.82) is 0 Å². The molecule has 1 N–H and O–H groups in total. The number of hydrogen-bond donors (Lipinski definition) is 1. The number of anilines is 5. The molecule has 4 aromatic rings. The zero-order chi connectivity index (χ0) is 33.8. The molecule has 0 unspecified atom stereocenters. The van der Waals surface area contributed by atoms with Gasteiger partial charge in [-0.05, 0) is 79.2 Å². The summed E-state index contributed by atoms with van der Waals surface area (Å²) in [7, 11) is 8.09. The second kappa shape index (κ2) is 14.4. The zero-order valence-electron chi connectivity index (χ0n) is 26.7. The third-order valence-electron chi connectivity index (χ3n) is 7.50. The van der Waals surface area contributed by atoms with Gasteiger partial charge in [0.05, 0.1) is 4.53 Å². The van der Waals surface area contributed by atoms with E-state index in [1.54, 1.807) is 6.08 Å². The Labute approximate surface area is 287 Å². The summed E-state index contributed by atoms with van der Waals surface area (Å²) in [5.41, 5.74) is 6.05. The Hall–Kier alpha value is -4.65. The van der Waals surface area contributed by atoms with Crippen LogP contribution in [-0.4, -0.2) is 65.5 Å². The van der Waals surface area contributed by atoms with Gasteiger partial charge in [0.2, 0.25) is 0 Å². The Kier molecular flexibility index (Phi) is 10.3. The number of carboxylic acids is 1. The third-order valence-corrected chi connectivity index (χ3v) is 10.2. The fourth-order valence-corrected chi connectivity index (χ4v) is 7.55. The number of aliphatic carboxylic acids is 1. The van der Waals surface area contributed by atoms with E-state index in [4.69, 9.17) is 17.3 Å². The lowest BCUT2D eigenvalue weighted by Crippen LogP contribution is -2.35. The molecule has 2 heterocycles. The van der Waals surface area contributed by atoms with Crippen molar-refractivity contribution in [3.8, 4) is 0 Å². The molecule has 9 nitrogen and oxygen atoms in total. The molecule has 47 heavy (non-hydrogen) atoms. The summed E-state index contributed by atoms with van der Waals surface area (Å²) in [6.45, 7) is 1.67. The summed E-state index contributed by atoms with van der Waals surface area (Å²) in [6, 6.07) is 25.1. The van der Waals surface area contributed by atoms with Crippen molar-refractivity contribution in [1.82, 2.24) is 9.47 Å². The number of thiazole rings is 1. The van der Waals surface area contributed by atoms with Gasteiger partial charge in [-0.2, -0.15) is 0 Å². The Balaban J connectivity index is 1.45. The SMILES string of the molecule is CCn1c(=C2SC(=S)N(CC(=O)O)C2=O)sc(=CC=Cc2ccc(N(c3ccc(N(C)C)cc3)c3ccc(N(C)C)cc3)cc2)c1=O. The molecule has 1 fully saturated rings. The standard InChI is InChI=1S/C35H35N5O4S3/c1-6-38-32(43)29(46-34(38)31-33(44)39(22-30(41)42)35(45)47-31)9-7-8-23-10-12-26(13-11-23)40(27-18-14-24(15-19-27)36(2)3)28-20-16-25(17-21-28)37(4)5/h7-21H,6,22H2,1-5H3,(H,41,42). The largest absolute Gasteiger partial charge is 0.480 e. The van der Waals surface area contributed by atoms with Gasteiger partial charge in [-0.1, -0.05) is 48.3 Å².